The van der Waals surface area contributed by atoms with Crippen LogP contribution in [-0.4, -0.2) is 53.7 Å². The Labute approximate surface area is 129 Å². The SMILES string of the molecule is CCC1CN(C)CCCN1c1nc(C2CC2)c(C(=O)O)s1. The smallest absolute Gasteiger partial charge is 0.347 e. The molecule has 0 spiro atoms. The van der Waals surface area contributed by atoms with Crippen LogP contribution < -0.4 is 4.90 Å². The topological polar surface area (TPSA) is 56.7 Å². The minimum atomic E-state index is -0.819. The van der Waals surface area contributed by atoms with Gasteiger partial charge < -0.3 is 14.9 Å². The number of nitrogens with zero attached hydrogens (tertiary/aromatic N) is 3. The van der Waals surface area contributed by atoms with Gasteiger partial charge >= 0.3 is 5.97 Å². The third kappa shape index (κ3) is 3.06. The molecule has 116 valence electrons. The fourth-order valence-corrected chi connectivity index (χ4v) is 4.16. The zero-order valence-electron chi connectivity index (χ0n) is 12.7. The maximum Gasteiger partial charge on any atom is 0.347 e. The largest absolute Gasteiger partial charge is 0.477 e. The molecule has 0 bridgehead atoms. The number of aromatic carboxylic acids is 1. The van der Waals surface area contributed by atoms with E-state index in [0.717, 1.165) is 56.1 Å². The third-order valence-corrected chi connectivity index (χ3v) is 5.52. The molecule has 2 fully saturated rings. The predicted molar refractivity (Wildman–Crippen MR) is 84.6 cm³/mol. The number of aromatic nitrogens is 1. The minimum absolute atomic E-state index is 0.385. The number of carboxylic acid groups (broad SMARTS) is 1. The molecule has 1 aromatic rings. The molecule has 6 heteroatoms. The Morgan fingerprint density at radius 3 is 2.81 bits per heavy atom. The zero-order valence-corrected chi connectivity index (χ0v) is 13.5. The van der Waals surface area contributed by atoms with Crippen molar-refractivity contribution in [3.05, 3.63) is 10.6 Å². The molecule has 0 radical (unpaired) electrons. The van der Waals surface area contributed by atoms with Crippen molar-refractivity contribution < 1.29 is 9.90 Å². The Balaban J connectivity index is 1.90. The number of hydrogen-bond acceptors (Lipinski definition) is 5. The Bertz CT molecular complexity index is 527. The molecule has 0 amide bonds. The van der Waals surface area contributed by atoms with Crippen LogP contribution in [0.5, 0.6) is 0 Å². The number of hydrogen-bond donors (Lipinski definition) is 1. The highest BCUT2D eigenvalue weighted by atomic mass is 32.1. The van der Waals surface area contributed by atoms with Crippen LogP contribution in [0.3, 0.4) is 0 Å². The summed E-state index contributed by atoms with van der Waals surface area (Å²) in [5.74, 6) is -0.434. The summed E-state index contributed by atoms with van der Waals surface area (Å²) in [6.07, 6.45) is 4.34. The van der Waals surface area contributed by atoms with Gasteiger partial charge in [0.1, 0.15) is 4.88 Å². The van der Waals surface area contributed by atoms with Crippen LogP contribution in [0, 0.1) is 0 Å². The highest BCUT2D eigenvalue weighted by molar-refractivity contribution is 7.17. The standard InChI is InChI=1S/C15H23N3O2S/c1-3-11-9-17(2)7-4-8-18(11)15-16-12(10-5-6-10)13(21-15)14(19)20/h10-11H,3-9H2,1-2H3,(H,19,20). The molecule has 1 atom stereocenters. The molecule has 1 aliphatic carbocycles. The Kier molecular flexibility index (Phi) is 4.17. The van der Waals surface area contributed by atoms with Gasteiger partial charge in [-0.05, 0) is 39.3 Å². The molecule has 1 aliphatic heterocycles. The second kappa shape index (κ2) is 5.93. The minimum Gasteiger partial charge on any atom is -0.477 e. The molecule has 0 aromatic carbocycles. The summed E-state index contributed by atoms with van der Waals surface area (Å²) in [7, 11) is 2.16. The molecule has 2 heterocycles. The van der Waals surface area contributed by atoms with E-state index in [1.54, 1.807) is 0 Å². The molecular formula is C15H23N3O2S. The molecule has 1 aromatic heterocycles. The second-order valence-electron chi connectivity index (χ2n) is 6.16. The lowest BCUT2D eigenvalue weighted by atomic mass is 10.2. The highest BCUT2D eigenvalue weighted by Crippen LogP contribution is 2.44. The maximum absolute atomic E-state index is 11.5. The van der Waals surface area contributed by atoms with E-state index in [1.807, 2.05) is 0 Å². The molecule has 1 saturated carbocycles. The van der Waals surface area contributed by atoms with Crippen molar-refractivity contribution in [3.8, 4) is 0 Å². The van der Waals surface area contributed by atoms with Crippen molar-refractivity contribution in [1.29, 1.82) is 0 Å². The van der Waals surface area contributed by atoms with Crippen LogP contribution in [0.25, 0.3) is 0 Å². The number of thiazole rings is 1. The number of anilines is 1. The van der Waals surface area contributed by atoms with E-state index in [9.17, 15) is 9.90 Å². The first-order valence-electron chi connectivity index (χ1n) is 7.79. The van der Waals surface area contributed by atoms with E-state index in [-0.39, 0.29) is 0 Å². The van der Waals surface area contributed by atoms with Crippen molar-refractivity contribution in [3.63, 3.8) is 0 Å². The summed E-state index contributed by atoms with van der Waals surface area (Å²) in [6.45, 7) is 5.29. The van der Waals surface area contributed by atoms with Crippen molar-refractivity contribution in [2.75, 3.05) is 31.6 Å². The fourth-order valence-electron chi connectivity index (χ4n) is 3.07. The predicted octanol–water partition coefficient (Wildman–Crippen LogP) is 2.64. The molecule has 3 rings (SSSR count). The average molecular weight is 309 g/mol. The van der Waals surface area contributed by atoms with Crippen molar-refractivity contribution in [2.45, 2.75) is 44.6 Å². The number of carboxylic acids is 1. The maximum atomic E-state index is 11.5. The lowest BCUT2D eigenvalue weighted by molar-refractivity contribution is 0.0700. The summed E-state index contributed by atoms with van der Waals surface area (Å²) in [4.78, 5) is 21.4. The number of likely N-dealkylation sites (N-methyl/N-ethyl adjacent to an activating group) is 1. The van der Waals surface area contributed by atoms with E-state index in [0.29, 0.717) is 16.8 Å². The fraction of sp³-hybridized carbons (Fsp3) is 0.733. The van der Waals surface area contributed by atoms with Gasteiger partial charge in [0.05, 0.1) is 5.69 Å². The first-order valence-corrected chi connectivity index (χ1v) is 8.61. The van der Waals surface area contributed by atoms with Crippen molar-refractivity contribution in [1.82, 2.24) is 9.88 Å². The number of carbonyl (C=O) groups is 1. The molecule has 1 saturated heterocycles. The summed E-state index contributed by atoms with van der Waals surface area (Å²) in [5.41, 5.74) is 0.829. The van der Waals surface area contributed by atoms with Crippen LogP contribution in [-0.2, 0) is 0 Å². The van der Waals surface area contributed by atoms with E-state index in [1.165, 1.54) is 11.3 Å². The van der Waals surface area contributed by atoms with E-state index in [2.05, 4.69) is 23.8 Å². The van der Waals surface area contributed by atoms with Gasteiger partial charge in [-0.25, -0.2) is 9.78 Å². The Morgan fingerprint density at radius 2 is 2.19 bits per heavy atom. The summed E-state index contributed by atoms with van der Waals surface area (Å²) in [6, 6.07) is 0.428. The lowest BCUT2D eigenvalue weighted by Crippen LogP contribution is -2.39. The summed E-state index contributed by atoms with van der Waals surface area (Å²) in [5, 5.41) is 10.3. The van der Waals surface area contributed by atoms with Gasteiger partial charge in [0.15, 0.2) is 5.13 Å². The normalized spacial score (nSPS) is 24.1. The lowest BCUT2D eigenvalue weighted by Gasteiger charge is -2.29. The van der Waals surface area contributed by atoms with Crippen molar-refractivity contribution >= 4 is 22.4 Å². The third-order valence-electron chi connectivity index (χ3n) is 4.42. The molecule has 21 heavy (non-hydrogen) atoms. The molecule has 2 aliphatic rings. The van der Waals surface area contributed by atoms with Crippen LogP contribution in [0.2, 0.25) is 0 Å². The van der Waals surface area contributed by atoms with Gasteiger partial charge in [0.2, 0.25) is 0 Å². The van der Waals surface area contributed by atoms with Gasteiger partial charge in [-0.3, -0.25) is 0 Å². The second-order valence-corrected chi connectivity index (χ2v) is 7.14. The molecule has 5 nitrogen and oxygen atoms in total. The van der Waals surface area contributed by atoms with Crippen LogP contribution >= 0.6 is 11.3 Å². The first-order chi connectivity index (χ1) is 10.1. The van der Waals surface area contributed by atoms with Gasteiger partial charge in [-0.2, -0.15) is 0 Å². The average Bonchev–Trinajstić information content (AvgIpc) is 3.23. The molecule has 1 unspecified atom stereocenters. The quantitative estimate of drug-likeness (QED) is 0.926. The Hall–Kier alpha value is -1.14. The monoisotopic (exact) mass is 309 g/mol. The molecular weight excluding hydrogens is 286 g/mol. The number of rotatable bonds is 4. The van der Waals surface area contributed by atoms with E-state index in [4.69, 9.17) is 4.98 Å². The van der Waals surface area contributed by atoms with Crippen LogP contribution in [0.1, 0.15) is 53.9 Å². The first kappa shape index (κ1) is 14.8. The van der Waals surface area contributed by atoms with E-state index < -0.39 is 5.97 Å². The van der Waals surface area contributed by atoms with Crippen molar-refractivity contribution in [2.24, 2.45) is 0 Å². The summed E-state index contributed by atoms with van der Waals surface area (Å²) < 4.78 is 0. The van der Waals surface area contributed by atoms with Gasteiger partial charge in [-0.15, -0.1) is 0 Å². The van der Waals surface area contributed by atoms with Gasteiger partial charge in [-0.1, -0.05) is 18.3 Å². The zero-order chi connectivity index (χ0) is 15.0. The Morgan fingerprint density at radius 1 is 1.43 bits per heavy atom. The van der Waals surface area contributed by atoms with Gasteiger partial charge in [0.25, 0.3) is 0 Å². The summed E-state index contributed by atoms with van der Waals surface area (Å²) >= 11 is 1.37. The molecule has 1 N–H and O–H groups in total. The van der Waals surface area contributed by atoms with Crippen LogP contribution in [0.4, 0.5) is 5.13 Å². The van der Waals surface area contributed by atoms with Gasteiger partial charge in [0, 0.05) is 25.0 Å². The highest BCUT2D eigenvalue weighted by Gasteiger charge is 2.34. The van der Waals surface area contributed by atoms with E-state index >= 15 is 0 Å². The van der Waals surface area contributed by atoms with Crippen LogP contribution in [0.15, 0.2) is 0 Å².